The summed E-state index contributed by atoms with van der Waals surface area (Å²) in [6, 6.07) is 14.9. The number of hydrogen-bond donors (Lipinski definition) is 2. The van der Waals surface area contributed by atoms with Crippen molar-refractivity contribution in [2.75, 3.05) is 19.8 Å². The Morgan fingerprint density at radius 3 is 1.73 bits per heavy atom. The lowest BCUT2D eigenvalue weighted by Gasteiger charge is -2.58. The molecule has 2 aromatic rings. The number of benzene rings is 2. The Labute approximate surface area is 408 Å². The molecule has 0 bridgehead atoms. The maximum absolute atomic E-state index is 13.8. The van der Waals surface area contributed by atoms with E-state index in [0.717, 1.165) is 27.7 Å². The molecule has 0 radical (unpaired) electrons. The van der Waals surface area contributed by atoms with E-state index in [4.69, 9.17) is 56.2 Å². The van der Waals surface area contributed by atoms with E-state index in [1.165, 1.54) is 6.92 Å². The number of ether oxygens (including phenoxy) is 10. The fourth-order valence-electron chi connectivity index (χ4n) is 8.76. The van der Waals surface area contributed by atoms with Crippen molar-refractivity contribution < 1.29 is 89.8 Å². The molecule has 11 atom stereocenters. The van der Waals surface area contributed by atoms with Gasteiger partial charge in [0.1, 0.15) is 50.3 Å². The lowest BCUT2D eigenvalue weighted by Crippen LogP contribution is -2.74. The fraction of sp³-hybridized carbons (Fsp3) is 0.604. The van der Waals surface area contributed by atoms with Crippen LogP contribution in [0.5, 0.6) is 0 Å². The second-order valence-corrected chi connectivity index (χ2v) is 23.9. The van der Waals surface area contributed by atoms with E-state index in [2.05, 4.69) is 10.6 Å². The Morgan fingerprint density at radius 2 is 1.20 bits per heavy atom. The van der Waals surface area contributed by atoms with Gasteiger partial charge in [-0.1, -0.05) is 102 Å². The summed E-state index contributed by atoms with van der Waals surface area (Å²) in [7, 11) is -3.43. The second-order valence-electron chi connectivity index (χ2n) is 19.1. The van der Waals surface area contributed by atoms with Crippen LogP contribution in [0.1, 0.15) is 87.3 Å². The molecule has 3 fully saturated rings. The van der Waals surface area contributed by atoms with Crippen molar-refractivity contribution in [1.29, 1.82) is 0 Å². The van der Waals surface area contributed by atoms with Crippen LogP contribution in [0.3, 0.4) is 0 Å². The van der Waals surface area contributed by atoms with Crippen LogP contribution in [0.15, 0.2) is 60.7 Å². The van der Waals surface area contributed by atoms with Crippen molar-refractivity contribution in [3.05, 3.63) is 71.8 Å². The van der Waals surface area contributed by atoms with Gasteiger partial charge in [0.25, 0.3) is 0 Å². The highest BCUT2D eigenvalue weighted by atomic mass is 28.4. The van der Waals surface area contributed by atoms with Crippen molar-refractivity contribution in [1.82, 2.24) is 10.6 Å². The quantitative estimate of drug-likeness (QED) is 0.128. The highest BCUT2D eigenvalue weighted by molar-refractivity contribution is 6.73. The summed E-state index contributed by atoms with van der Waals surface area (Å²) in [6.45, 7) is 16.0. The summed E-state index contributed by atoms with van der Waals surface area (Å²) in [4.78, 5) is 90.6. The molecule has 0 saturated carbocycles. The van der Waals surface area contributed by atoms with E-state index in [1.807, 2.05) is 47.6 Å². The van der Waals surface area contributed by atoms with Gasteiger partial charge in [-0.05, 0) is 11.1 Å². The molecule has 3 saturated heterocycles. The molecule has 3 aliphatic heterocycles. The molecule has 0 aliphatic carbocycles. The highest BCUT2D eigenvalue weighted by Gasteiger charge is 2.66. The summed E-state index contributed by atoms with van der Waals surface area (Å²) in [6.07, 6.45) is -13.9. The molecule has 5 rings (SSSR count). The van der Waals surface area contributed by atoms with E-state index in [1.54, 1.807) is 54.6 Å². The smallest absolute Gasteiger partial charge is 0.408 e. The summed E-state index contributed by atoms with van der Waals surface area (Å²) < 4.78 is 73.5. The van der Waals surface area contributed by atoms with Crippen LogP contribution in [0.4, 0.5) is 4.79 Å². The van der Waals surface area contributed by atoms with Crippen molar-refractivity contribution in [2.24, 2.45) is 0 Å². The van der Waals surface area contributed by atoms with Crippen LogP contribution >= 0.6 is 0 Å². The lowest BCUT2D eigenvalue weighted by atomic mass is 9.95. The van der Waals surface area contributed by atoms with Gasteiger partial charge in [-0.25, -0.2) is 9.59 Å². The van der Waals surface area contributed by atoms with Gasteiger partial charge >= 0.3 is 44.5 Å². The number of carbonyl (C=O) groups excluding carboxylic acids is 7. The molecule has 0 aromatic heterocycles. The van der Waals surface area contributed by atoms with Gasteiger partial charge in [0.05, 0.1) is 13.2 Å². The molecule has 21 nitrogen and oxygen atoms in total. The van der Waals surface area contributed by atoms with Crippen molar-refractivity contribution in [3.63, 3.8) is 0 Å². The number of hydrogen-bond acceptors (Lipinski definition) is 19. The number of carbonyl (C=O) groups is 7. The third kappa shape index (κ3) is 14.5. The first-order valence-corrected chi connectivity index (χ1v) is 24.7. The average Bonchev–Trinajstić information content (AvgIpc) is 3.27. The highest BCUT2D eigenvalue weighted by Crippen LogP contribution is 2.55. The van der Waals surface area contributed by atoms with E-state index >= 15 is 0 Å². The number of fused-ring (bicyclic) bond motifs is 1. The molecule has 3 aliphatic rings. The second kappa shape index (κ2) is 24.1. The standard InChI is InChI=1S/C48H66N2O19Si/c1-27(51)49-37-40(68-45-42(65-31(5)55)41(64-30(4)54)38(63-29(3)53)35(67-45)25-58-28(2)52)39-36(26-62-70(69-39,47(6,7)8)48(9,10)11)66-44(37)60-24-34(43(56)59-22-32-18-14-12-15-19-32)50-46(57)61-23-33-20-16-13-17-21-33/h12-21,34-42,44-45H,22-26H2,1-11H3,(H,49,51)(H,50,57)/t34-,35+,36+,37+,38-,39-,40+,41-,42+,44-,45-/m0/s1. The first-order valence-electron chi connectivity index (χ1n) is 22.9. The van der Waals surface area contributed by atoms with Crippen molar-refractivity contribution >= 4 is 50.4 Å². The van der Waals surface area contributed by atoms with Crippen LogP contribution in [0.2, 0.25) is 10.1 Å². The van der Waals surface area contributed by atoms with Gasteiger partial charge in [-0.15, -0.1) is 0 Å². The van der Waals surface area contributed by atoms with Crippen LogP contribution in [0, 0.1) is 0 Å². The number of esters is 5. The van der Waals surface area contributed by atoms with Crippen LogP contribution in [-0.4, -0.2) is 138 Å². The minimum Gasteiger partial charge on any atom is -0.463 e. The Bertz CT molecular complexity index is 2120. The zero-order valence-electron chi connectivity index (χ0n) is 41.4. The molecule has 70 heavy (non-hydrogen) atoms. The summed E-state index contributed by atoms with van der Waals surface area (Å²) in [5.41, 5.74) is 1.35. The maximum Gasteiger partial charge on any atom is 0.408 e. The largest absolute Gasteiger partial charge is 0.463 e. The molecule has 2 amide bonds. The zero-order chi connectivity index (χ0) is 51.6. The summed E-state index contributed by atoms with van der Waals surface area (Å²) in [5, 5.41) is 4.17. The Hall–Kier alpha value is -5.49. The molecule has 386 valence electrons. The number of alkyl carbamates (subject to hydrolysis) is 1. The molecular formula is C48H66N2O19Si. The Morgan fingerprint density at radius 1 is 0.657 bits per heavy atom. The predicted octanol–water partition coefficient (Wildman–Crippen LogP) is 4.20. The van der Waals surface area contributed by atoms with Gasteiger partial charge in [0, 0.05) is 44.7 Å². The monoisotopic (exact) mass is 1000 g/mol. The minimum absolute atomic E-state index is 0.0802. The van der Waals surface area contributed by atoms with Crippen LogP contribution in [-0.2, 0) is 98.2 Å². The first kappa shape index (κ1) is 55.4. The molecule has 22 heteroatoms. The number of rotatable bonds is 17. The average molecular weight is 1000 g/mol. The Kier molecular flexibility index (Phi) is 19.1. The first-order chi connectivity index (χ1) is 32.9. The summed E-state index contributed by atoms with van der Waals surface area (Å²) >= 11 is 0. The normalized spacial score (nSPS) is 26.7. The molecule has 2 N–H and O–H groups in total. The Balaban J connectivity index is 1.57. The minimum atomic E-state index is -3.43. The SMILES string of the molecule is CC(=O)N[C@H]1[C@@H](OC[C@H](NC(=O)OCc2ccccc2)C(=O)OCc2ccccc2)O[C@@H]2CO[Si](C(C)(C)C)(C(C)(C)C)O[C@@H]2[C@@H]1O[C@@H]1O[C@H](COC(C)=O)[C@H](OC(C)=O)[C@H](OC(C)=O)[C@H]1OC(C)=O. The third-order valence-electron chi connectivity index (χ3n) is 11.4. The molecule has 0 spiro atoms. The van der Waals surface area contributed by atoms with Crippen molar-refractivity contribution in [3.8, 4) is 0 Å². The fourth-order valence-corrected chi connectivity index (χ4v) is 13.7. The topological polar surface area (TPSA) is 254 Å². The summed E-state index contributed by atoms with van der Waals surface area (Å²) in [5.74, 6) is -4.80. The van der Waals surface area contributed by atoms with E-state index in [-0.39, 0.29) is 19.8 Å². The predicted molar refractivity (Wildman–Crippen MR) is 245 cm³/mol. The van der Waals surface area contributed by atoms with E-state index in [0.29, 0.717) is 11.1 Å². The molecule has 2 aromatic carbocycles. The van der Waals surface area contributed by atoms with Gasteiger partial charge in [0.2, 0.25) is 5.91 Å². The molecule has 3 heterocycles. The van der Waals surface area contributed by atoms with Gasteiger partial charge in [-0.3, -0.25) is 24.0 Å². The molecular weight excluding hydrogens is 937 g/mol. The number of amides is 2. The third-order valence-corrected chi connectivity index (χ3v) is 16.6. The zero-order valence-corrected chi connectivity index (χ0v) is 42.4. The van der Waals surface area contributed by atoms with E-state index < -0.39 is 141 Å². The lowest BCUT2D eigenvalue weighted by molar-refractivity contribution is -0.349. The van der Waals surface area contributed by atoms with Gasteiger partial charge < -0.3 is 66.9 Å². The molecule has 0 unspecified atom stereocenters. The van der Waals surface area contributed by atoms with E-state index in [9.17, 15) is 33.6 Å². The van der Waals surface area contributed by atoms with Gasteiger partial charge in [0.15, 0.2) is 36.9 Å². The van der Waals surface area contributed by atoms with Gasteiger partial charge in [-0.2, -0.15) is 0 Å². The maximum atomic E-state index is 13.8. The number of nitrogens with one attached hydrogen (secondary N) is 2. The van der Waals surface area contributed by atoms with Crippen molar-refractivity contribution in [2.45, 2.75) is 167 Å². The van der Waals surface area contributed by atoms with Crippen LogP contribution in [0.25, 0.3) is 0 Å². The van der Waals surface area contributed by atoms with Crippen LogP contribution < -0.4 is 10.6 Å².